The Hall–Kier alpha value is -0.950. The van der Waals surface area contributed by atoms with Gasteiger partial charge in [0.1, 0.15) is 0 Å². The number of aromatic nitrogens is 2. The van der Waals surface area contributed by atoms with Gasteiger partial charge in [0.05, 0.1) is 43.7 Å². The average Bonchev–Trinajstić information content (AvgIpc) is 2.95. The van der Waals surface area contributed by atoms with Gasteiger partial charge in [0.15, 0.2) is 0 Å². The van der Waals surface area contributed by atoms with Gasteiger partial charge in [0, 0.05) is 12.6 Å². The van der Waals surface area contributed by atoms with Crippen molar-refractivity contribution in [3.8, 4) is 0 Å². The van der Waals surface area contributed by atoms with E-state index < -0.39 is 0 Å². The fourth-order valence-corrected chi connectivity index (χ4v) is 2.61. The van der Waals surface area contributed by atoms with Crippen LogP contribution in [0.4, 0.5) is 0 Å². The maximum Gasteiger partial charge on any atom is 0.0979 e. The van der Waals surface area contributed by atoms with Gasteiger partial charge in [0.25, 0.3) is 0 Å². The first-order chi connectivity index (χ1) is 9.78. The third-order valence-electron chi connectivity index (χ3n) is 3.91. The van der Waals surface area contributed by atoms with Gasteiger partial charge in [-0.15, -0.1) is 0 Å². The average molecular weight is 282 g/mol. The van der Waals surface area contributed by atoms with Crippen molar-refractivity contribution in [3.63, 3.8) is 0 Å². The van der Waals surface area contributed by atoms with E-state index in [1.54, 1.807) is 0 Å². The summed E-state index contributed by atoms with van der Waals surface area (Å²) >= 11 is 0. The molecule has 0 amide bonds. The Morgan fingerprint density at radius 1 is 1.45 bits per heavy atom. The van der Waals surface area contributed by atoms with Crippen molar-refractivity contribution in [3.05, 3.63) is 18.0 Å². The summed E-state index contributed by atoms with van der Waals surface area (Å²) in [4.78, 5) is 0. The van der Waals surface area contributed by atoms with Crippen LogP contribution in [0.15, 0.2) is 12.3 Å². The van der Waals surface area contributed by atoms with Gasteiger partial charge in [-0.05, 0) is 18.9 Å². The van der Waals surface area contributed by atoms with Crippen LogP contribution in [-0.2, 0) is 15.9 Å². The largest absolute Gasteiger partial charge is 0.376 e. The summed E-state index contributed by atoms with van der Waals surface area (Å²) in [7, 11) is 0. The highest BCUT2D eigenvalue weighted by molar-refractivity contribution is 5.03. The lowest BCUT2D eigenvalue weighted by atomic mass is 10.1. The molecule has 2 unspecified atom stereocenters. The number of rotatable bonds is 7. The molecule has 2 heterocycles. The van der Waals surface area contributed by atoms with E-state index in [4.69, 9.17) is 15.3 Å². The lowest BCUT2D eigenvalue weighted by Gasteiger charge is -2.29. The van der Waals surface area contributed by atoms with Crippen LogP contribution < -0.4 is 11.3 Å². The molecule has 0 saturated carbocycles. The number of hydrazine groups is 1. The second kappa shape index (κ2) is 7.73. The van der Waals surface area contributed by atoms with E-state index in [0.29, 0.717) is 25.9 Å². The number of nitrogens with two attached hydrogens (primary N) is 1. The Kier molecular flexibility index (Phi) is 5.97. The molecule has 0 aromatic carbocycles. The Bertz CT molecular complexity index is 386. The number of nitrogens with zero attached hydrogens (tertiary/aromatic N) is 2. The summed E-state index contributed by atoms with van der Waals surface area (Å²) in [6.45, 7) is 6.25. The topological polar surface area (TPSA) is 74.3 Å². The molecule has 1 aliphatic rings. The molecule has 6 nitrogen and oxygen atoms in total. The summed E-state index contributed by atoms with van der Waals surface area (Å²) in [6.07, 6.45) is 4.98. The maximum absolute atomic E-state index is 5.70. The van der Waals surface area contributed by atoms with E-state index in [0.717, 1.165) is 25.0 Å². The highest BCUT2D eigenvalue weighted by Crippen LogP contribution is 2.16. The van der Waals surface area contributed by atoms with E-state index in [1.807, 2.05) is 0 Å². The molecule has 0 radical (unpaired) electrons. The fourth-order valence-electron chi connectivity index (χ4n) is 2.61. The molecule has 114 valence electrons. The smallest absolute Gasteiger partial charge is 0.0979 e. The summed E-state index contributed by atoms with van der Waals surface area (Å²) in [5.41, 5.74) is 3.87. The molecule has 6 heteroatoms. The molecule has 1 aliphatic heterocycles. The number of nitrogens with one attached hydrogen (secondary N) is 1. The molecule has 3 N–H and O–H groups in total. The fraction of sp³-hybridized carbons (Fsp3) is 0.786. The van der Waals surface area contributed by atoms with E-state index in [9.17, 15) is 0 Å². The van der Waals surface area contributed by atoms with Gasteiger partial charge in [-0.25, -0.2) is 0 Å². The molecule has 1 saturated heterocycles. The molecule has 0 spiro atoms. The van der Waals surface area contributed by atoms with Gasteiger partial charge in [-0.3, -0.25) is 16.0 Å². The van der Waals surface area contributed by atoms with Crippen LogP contribution >= 0.6 is 0 Å². The minimum absolute atomic E-state index is 0.00736. The van der Waals surface area contributed by atoms with Crippen molar-refractivity contribution in [1.82, 2.24) is 15.2 Å². The zero-order valence-electron chi connectivity index (χ0n) is 12.4. The molecule has 1 aromatic rings. The Balaban J connectivity index is 1.96. The van der Waals surface area contributed by atoms with Gasteiger partial charge >= 0.3 is 0 Å². The lowest BCUT2D eigenvalue weighted by Crippen LogP contribution is -2.50. The van der Waals surface area contributed by atoms with Crippen molar-refractivity contribution in [2.45, 2.75) is 51.3 Å². The van der Waals surface area contributed by atoms with Crippen LogP contribution in [0, 0.1) is 0 Å². The molecule has 20 heavy (non-hydrogen) atoms. The molecule has 2 rings (SSSR count). The van der Waals surface area contributed by atoms with Crippen molar-refractivity contribution in [2.75, 3.05) is 19.8 Å². The van der Waals surface area contributed by atoms with Crippen molar-refractivity contribution in [1.29, 1.82) is 0 Å². The summed E-state index contributed by atoms with van der Waals surface area (Å²) in [6, 6.07) is 2.56. The standard InChI is InChI=1S/C14H26N4O2/c1-3-12(4-2)18-6-5-11(17-18)9-13(16-15)14-10-19-7-8-20-14/h5-6,12-14,16H,3-4,7-10,15H2,1-2H3. The minimum atomic E-state index is -0.00736. The molecule has 0 aliphatic carbocycles. The molecule has 1 fully saturated rings. The Morgan fingerprint density at radius 3 is 2.85 bits per heavy atom. The predicted octanol–water partition coefficient (Wildman–Crippen LogP) is 1.03. The first-order valence-electron chi connectivity index (χ1n) is 7.48. The Labute approximate surface area is 120 Å². The van der Waals surface area contributed by atoms with Crippen LogP contribution in [0.5, 0.6) is 0 Å². The number of ether oxygens (including phenoxy) is 2. The first-order valence-corrected chi connectivity index (χ1v) is 7.48. The zero-order valence-corrected chi connectivity index (χ0v) is 12.4. The maximum atomic E-state index is 5.70. The second-order valence-corrected chi connectivity index (χ2v) is 5.22. The molecule has 0 bridgehead atoms. The monoisotopic (exact) mass is 282 g/mol. The van der Waals surface area contributed by atoms with E-state index in [-0.39, 0.29) is 12.1 Å². The summed E-state index contributed by atoms with van der Waals surface area (Å²) in [5.74, 6) is 5.65. The SMILES string of the molecule is CCC(CC)n1ccc(CC(NN)C2COCCO2)n1. The van der Waals surface area contributed by atoms with Crippen LogP contribution in [0.1, 0.15) is 38.4 Å². The highest BCUT2D eigenvalue weighted by Gasteiger charge is 2.25. The van der Waals surface area contributed by atoms with E-state index >= 15 is 0 Å². The van der Waals surface area contributed by atoms with Gasteiger partial charge in [-0.2, -0.15) is 5.10 Å². The van der Waals surface area contributed by atoms with E-state index in [1.165, 1.54) is 0 Å². The first kappa shape index (κ1) is 15.4. The number of hydrogen-bond donors (Lipinski definition) is 2. The minimum Gasteiger partial charge on any atom is -0.376 e. The normalized spacial score (nSPS) is 21.3. The highest BCUT2D eigenvalue weighted by atomic mass is 16.6. The van der Waals surface area contributed by atoms with E-state index in [2.05, 4.69) is 41.3 Å². The summed E-state index contributed by atoms with van der Waals surface area (Å²) in [5, 5.41) is 4.66. The van der Waals surface area contributed by atoms with Crippen LogP contribution in [-0.4, -0.2) is 41.7 Å². The van der Waals surface area contributed by atoms with Crippen LogP contribution in [0.25, 0.3) is 0 Å². The predicted molar refractivity (Wildman–Crippen MR) is 77.2 cm³/mol. The molecular formula is C14H26N4O2. The Morgan fingerprint density at radius 2 is 2.25 bits per heavy atom. The molecular weight excluding hydrogens is 256 g/mol. The number of hydrogen-bond acceptors (Lipinski definition) is 5. The third kappa shape index (κ3) is 3.79. The van der Waals surface area contributed by atoms with Gasteiger partial charge < -0.3 is 9.47 Å². The van der Waals surface area contributed by atoms with Gasteiger partial charge in [0.2, 0.25) is 0 Å². The molecule has 2 atom stereocenters. The van der Waals surface area contributed by atoms with Crippen molar-refractivity contribution < 1.29 is 9.47 Å². The lowest BCUT2D eigenvalue weighted by molar-refractivity contribution is -0.101. The quantitative estimate of drug-likeness (QED) is 0.577. The summed E-state index contributed by atoms with van der Waals surface area (Å²) < 4.78 is 13.2. The molecule has 1 aromatic heterocycles. The van der Waals surface area contributed by atoms with Gasteiger partial charge in [-0.1, -0.05) is 13.8 Å². The third-order valence-corrected chi connectivity index (χ3v) is 3.91. The zero-order chi connectivity index (χ0) is 14.4. The van der Waals surface area contributed by atoms with Crippen LogP contribution in [0.3, 0.4) is 0 Å². The van der Waals surface area contributed by atoms with Crippen molar-refractivity contribution in [2.24, 2.45) is 5.84 Å². The van der Waals surface area contributed by atoms with Crippen LogP contribution in [0.2, 0.25) is 0 Å². The second-order valence-electron chi connectivity index (χ2n) is 5.22. The van der Waals surface area contributed by atoms with Crippen molar-refractivity contribution >= 4 is 0 Å².